The average Bonchev–Trinajstić information content (AvgIpc) is 3.58. The molecule has 0 aromatic heterocycles. The van der Waals surface area contributed by atoms with E-state index in [0.717, 1.165) is 50.4 Å². The second-order valence-electron chi connectivity index (χ2n) is 13.0. The summed E-state index contributed by atoms with van der Waals surface area (Å²) in [5.74, 6) is 0.747. The largest absolute Gasteiger partial charge is 0.497 e. The van der Waals surface area contributed by atoms with E-state index in [0.29, 0.717) is 18.4 Å². The second-order valence-corrected chi connectivity index (χ2v) is 13.0. The van der Waals surface area contributed by atoms with Crippen molar-refractivity contribution in [3.63, 3.8) is 0 Å². The van der Waals surface area contributed by atoms with Crippen LogP contribution in [-0.4, -0.2) is 47.9 Å². The topological polar surface area (TPSA) is 85.4 Å². The monoisotopic (exact) mass is 486 g/mol. The maximum atomic E-state index is 13.1. The van der Waals surface area contributed by atoms with Crippen LogP contribution >= 0.6 is 0 Å². The van der Waals surface area contributed by atoms with Crippen LogP contribution in [0.5, 0.6) is 0 Å². The number of rotatable bonds is 1. The molecule has 2 saturated heterocycles. The number of aldehydes is 1. The molecule has 9 atom stereocenters. The summed E-state index contributed by atoms with van der Waals surface area (Å²) >= 11 is 0. The summed E-state index contributed by atoms with van der Waals surface area (Å²) in [6.07, 6.45) is 11.7. The van der Waals surface area contributed by atoms with E-state index in [9.17, 15) is 9.90 Å². The lowest BCUT2D eigenvalue weighted by Gasteiger charge is -2.69. The van der Waals surface area contributed by atoms with Gasteiger partial charge in [0.15, 0.2) is 6.10 Å². The molecule has 0 aromatic rings. The minimum atomic E-state index is -0.483. The van der Waals surface area contributed by atoms with Crippen LogP contribution in [-0.2, 0) is 23.8 Å². The lowest BCUT2D eigenvalue weighted by atomic mass is 9.35. The summed E-state index contributed by atoms with van der Waals surface area (Å²) in [4.78, 5) is 21.9. The molecule has 6 heteroatoms. The number of esters is 1. The zero-order valence-corrected chi connectivity index (χ0v) is 22.1. The van der Waals surface area contributed by atoms with Crippen LogP contribution in [0.4, 0.5) is 0 Å². The zero-order chi connectivity index (χ0) is 25.4. The molecule has 3 aliphatic carbocycles. The van der Waals surface area contributed by atoms with Gasteiger partial charge in [-0.15, -0.1) is 0 Å². The van der Waals surface area contributed by atoms with Crippen molar-refractivity contribution in [2.24, 2.45) is 33.5 Å². The van der Waals surface area contributed by atoms with Gasteiger partial charge >= 0.3 is 5.97 Å². The van der Waals surface area contributed by atoms with E-state index in [-0.39, 0.29) is 39.8 Å². The molecule has 194 valence electrons. The molecular formula is C29H42O6. The van der Waals surface area contributed by atoms with Crippen molar-refractivity contribution in [3.05, 3.63) is 24.0 Å². The Labute approximate surface area is 209 Å². The number of hydrogen-bond acceptors (Lipinski definition) is 6. The number of carbonyl (C=O) groups is 2. The lowest BCUT2D eigenvalue weighted by molar-refractivity contribution is -0.234. The Hall–Kier alpha value is -1.66. The molecule has 3 aliphatic heterocycles. The quantitative estimate of drug-likeness (QED) is 0.327. The van der Waals surface area contributed by atoms with E-state index >= 15 is 0 Å². The highest BCUT2D eigenvalue weighted by atomic mass is 16.7. The minimum Gasteiger partial charge on any atom is -0.497 e. The normalized spacial score (nSPS) is 50.9. The number of ether oxygens (including phenoxy) is 3. The number of epoxide rings is 1. The fourth-order valence-electron chi connectivity index (χ4n) is 9.79. The Bertz CT molecular complexity index is 968. The summed E-state index contributed by atoms with van der Waals surface area (Å²) in [6.45, 7) is 13.7. The van der Waals surface area contributed by atoms with E-state index in [2.05, 4.69) is 40.7 Å². The van der Waals surface area contributed by atoms with Crippen molar-refractivity contribution < 1.29 is 28.9 Å². The van der Waals surface area contributed by atoms with Gasteiger partial charge in [0.1, 0.15) is 24.6 Å². The van der Waals surface area contributed by atoms with Crippen LogP contribution in [0.3, 0.4) is 0 Å². The molecule has 3 saturated carbocycles. The third-order valence-electron chi connectivity index (χ3n) is 11.3. The predicted octanol–water partition coefficient (Wildman–Crippen LogP) is 4.74. The van der Waals surface area contributed by atoms with Crippen LogP contribution in [0.25, 0.3) is 0 Å². The molecule has 0 bridgehead atoms. The first-order valence-corrected chi connectivity index (χ1v) is 13.4. The maximum absolute atomic E-state index is 13.1. The van der Waals surface area contributed by atoms with Gasteiger partial charge in [-0.05, 0) is 74.2 Å². The van der Waals surface area contributed by atoms with Crippen molar-refractivity contribution in [1.29, 1.82) is 0 Å². The molecule has 0 amide bonds. The van der Waals surface area contributed by atoms with Gasteiger partial charge in [-0.3, -0.25) is 0 Å². The number of carbonyl (C=O) groups excluding carboxylic acids is 2. The van der Waals surface area contributed by atoms with Gasteiger partial charge in [0, 0.05) is 16.4 Å². The maximum Gasteiger partial charge on any atom is 0.339 e. The molecule has 0 radical (unpaired) electrons. The van der Waals surface area contributed by atoms with Crippen LogP contribution < -0.4 is 0 Å². The Kier molecular flexibility index (Phi) is 5.66. The summed E-state index contributed by atoms with van der Waals surface area (Å²) in [5.41, 5.74) is 0.158. The van der Waals surface area contributed by atoms with Crippen molar-refractivity contribution in [1.82, 2.24) is 0 Å². The lowest BCUT2D eigenvalue weighted by Crippen LogP contribution is -2.70. The molecule has 6 rings (SSSR count). The molecule has 1 N–H and O–H groups in total. The fraction of sp³-hybridized carbons (Fsp3) is 0.793. The van der Waals surface area contributed by atoms with Crippen LogP contribution in [0, 0.1) is 33.5 Å². The smallest absolute Gasteiger partial charge is 0.339 e. The van der Waals surface area contributed by atoms with E-state index in [1.54, 1.807) is 6.26 Å². The number of fused-ring (bicyclic) bond motifs is 3. The molecule has 5 fully saturated rings. The summed E-state index contributed by atoms with van der Waals surface area (Å²) < 4.78 is 18.2. The van der Waals surface area contributed by atoms with Gasteiger partial charge in [0.05, 0.1) is 12.4 Å². The minimum absolute atomic E-state index is 0.0837. The van der Waals surface area contributed by atoms with E-state index in [1.807, 2.05) is 6.08 Å². The molecule has 1 spiro atoms. The predicted molar refractivity (Wildman–Crippen MR) is 131 cm³/mol. The third-order valence-corrected chi connectivity index (χ3v) is 11.3. The van der Waals surface area contributed by atoms with Crippen molar-refractivity contribution in [2.75, 3.05) is 6.61 Å². The van der Waals surface area contributed by atoms with Crippen LogP contribution in [0.2, 0.25) is 0 Å². The van der Waals surface area contributed by atoms with Gasteiger partial charge < -0.3 is 24.1 Å². The molecule has 3 heterocycles. The molecule has 35 heavy (non-hydrogen) atoms. The fourth-order valence-corrected chi connectivity index (χ4v) is 9.79. The third kappa shape index (κ3) is 3.02. The summed E-state index contributed by atoms with van der Waals surface area (Å²) in [5, 5.41) is 10.8. The average molecular weight is 487 g/mol. The Morgan fingerprint density at radius 1 is 0.971 bits per heavy atom. The SMILES string of the molecule is CC1(C)C2CC[C@]3(C)C(CC[C@@]4(C)[C@H](C5=COCC=C5)OC(=O)C5OC543)[C@@]2(C)CC[C@H]1O.CC=O. The van der Waals surface area contributed by atoms with Crippen molar-refractivity contribution >= 4 is 12.3 Å². The first kappa shape index (κ1) is 25.0. The van der Waals surface area contributed by atoms with Gasteiger partial charge in [0.2, 0.25) is 0 Å². The van der Waals surface area contributed by atoms with Gasteiger partial charge in [-0.1, -0.05) is 40.7 Å². The number of hydrogen-bond donors (Lipinski definition) is 1. The number of cyclic esters (lactones) is 1. The van der Waals surface area contributed by atoms with E-state index in [4.69, 9.17) is 19.0 Å². The Morgan fingerprint density at radius 3 is 2.29 bits per heavy atom. The van der Waals surface area contributed by atoms with E-state index in [1.165, 1.54) is 6.92 Å². The van der Waals surface area contributed by atoms with Crippen LogP contribution in [0.1, 0.15) is 80.1 Å². The van der Waals surface area contributed by atoms with Crippen molar-refractivity contribution in [3.8, 4) is 0 Å². The van der Waals surface area contributed by atoms with Gasteiger partial charge in [0.25, 0.3) is 0 Å². The second kappa shape index (κ2) is 7.92. The van der Waals surface area contributed by atoms with Gasteiger partial charge in [-0.2, -0.15) is 0 Å². The molecule has 0 aromatic carbocycles. The Morgan fingerprint density at radius 2 is 1.63 bits per heavy atom. The standard InChI is InChI=1S/C27H38O5.C2H4O/c1-23(2)17-8-12-25(4)18(24(17,3)11-10-19(23)28)9-13-26(5)20(16-7-6-14-30-15-16)31-22(29)21-27(25,26)32-21;1-2-3/h6-7,15,17-21,28H,8-14H2,1-5H3;2H,1H3/t17?,18?,19-,20+,21?,24+,25-,26+,27?;/m1./s1. The highest BCUT2D eigenvalue weighted by Gasteiger charge is 2.86. The number of aliphatic hydroxyl groups excluding tert-OH is 1. The van der Waals surface area contributed by atoms with Crippen molar-refractivity contribution in [2.45, 2.75) is 104 Å². The first-order valence-electron chi connectivity index (χ1n) is 13.4. The zero-order valence-electron chi connectivity index (χ0n) is 22.1. The highest BCUT2D eigenvalue weighted by molar-refractivity contribution is 5.82. The summed E-state index contributed by atoms with van der Waals surface area (Å²) in [7, 11) is 0. The molecule has 6 nitrogen and oxygen atoms in total. The molecular weight excluding hydrogens is 444 g/mol. The summed E-state index contributed by atoms with van der Waals surface area (Å²) in [6, 6.07) is 0. The first-order chi connectivity index (χ1) is 16.4. The molecule has 4 unspecified atom stereocenters. The van der Waals surface area contributed by atoms with Gasteiger partial charge in [-0.25, -0.2) is 4.79 Å². The van der Waals surface area contributed by atoms with Crippen LogP contribution in [0.15, 0.2) is 24.0 Å². The number of aliphatic hydroxyl groups is 1. The van der Waals surface area contributed by atoms with E-state index < -0.39 is 11.7 Å². The molecule has 6 aliphatic rings. The Balaban J connectivity index is 0.000000806. The highest BCUT2D eigenvalue weighted by Crippen LogP contribution is 2.79.